The highest BCUT2D eigenvalue weighted by atomic mass is 32.2. The summed E-state index contributed by atoms with van der Waals surface area (Å²) < 4.78 is 5.79. The highest BCUT2D eigenvalue weighted by Gasteiger charge is 2.36. The Hall–Kier alpha value is -1.20. The van der Waals surface area contributed by atoms with Crippen molar-refractivity contribution in [3.05, 3.63) is 30.3 Å². The van der Waals surface area contributed by atoms with Gasteiger partial charge in [0.25, 0.3) is 0 Å². The molecule has 1 aliphatic heterocycles. The SMILES string of the molecule is O=C(NCCSc1ccccc1)N[C@@H]1CCO[C@@H](C2CC2)C1. The average molecular weight is 320 g/mol. The Labute approximate surface area is 136 Å². The molecule has 1 saturated carbocycles. The minimum absolute atomic E-state index is 0.0462. The van der Waals surface area contributed by atoms with Crippen molar-refractivity contribution in [2.75, 3.05) is 18.9 Å². The second kappa shape index (κ2) is 7.88. The van der Waals surface area contributed by atoms with Crippen LogP contribution in [0, 0.1) is 5.92 Å². The monoisotopic (exact) mass is 320 g/mol. The summed E-state index contributed by atoms with van der Waals surface area (Å²) in [5.74, 6) is 1.63. The predicted molar refractivity (Wildman–Crippen MR) is 89.2 cm³/mol. The molecule has 3 rings (SSSR count). The van der Waals surface area contributed by atoms with Crippen LogP contribution in [-0.4, -0.2) is 37.1 Å². The summed E-state index contributed by atoms with van der Waals surface area (Å²) in [6.45, 7) is 1.46. The minimum Gasteiger partial charge on any atom is -0.378 e. The number of carbonyl (C=O) groups excluding carboxylic acids is 1. The molecule has 1 saturated heterocycles. The molecule has 2 aliphatic rings. The van der Waals surface area contributed by atoms with Crippen LogP contribution >= 0.6 is 11.8 Å². The Bertz CT molecular complexity index is 479. The molecule has 0 aromatic heterocycles. The van der Waals surface area contributed by atoms with Gasteiger partial charge in [-0.3, -0.25) is 0 Å². The first kappa shape index (κ1) is 15.7. The summed E-state index contributed by atoms with van der Waals surface area (Å²) >= 11 is 1.76. The van der Waals surface area contributed by atoms with Gasteiger partial charge in [-0.25, -0.2) is 4.79 Å². The third-order valence-corrected chi connectivity index (χ3v) is 5.21. The Morgan fingerprint density at radius 2 is 2.05 bits per heavy atom. The fourth-order valence-electron chi connectivity index (χ4n) is 2.84. The number of amides is 2. The van der Waals surface area contributed by atoms with Crippen molar-refractivity contribution >= 4 is 17.8 Å². The second-order valence-corrected chi connectivity index (χ2v) is 7.20. The van der Waals surface area contributed by atoms with E-state index in [1.165, 1.54) is 17.7 Å². The molecule has 1 aromatic rings. The molecule has 2 fully saturated rings. The van der Waals surface area contributed by atoms with Crippen LogP contribution in [0.25, 0.3) is 0 Å². The maximum Gasteiger partial charge on any atom is 0.315 e. The first-order valence-corrected chi connectivity index (χ1v) is 9.13. The Kier molecular flexibility index (Phi) is 5.62. The summed E-state index contributed by atoms with van der Waals surface area (Å²) in [6.07, 6.45) is 4.85. The first-order valence-electron chi connectivity index (χ1n) is 8.15. The van der Waals surface area contributed by atoms with Crippen molar-refractivity contribution in [2.24, 2.45) is 5.92 Å². The number of thioether (sulfide) groups is 1. The van der Waals surface area contributed by atoms with Gasteiger partial charge in [0.05, 0.1) is 6.10 Å². The molecule has 4 nitrogen and oxygen atoms in total. The molecule has 22 heavy (non-hydrogen) atoms. The number of urea groups is 1. The lowest BCUT2D eigenvalue weighted by Gasteiger charge is -2.30. The van der Waals surface area contributed by atoms with Crippen molar-refractivity contribution in [1.82, 2.24) is 10.6 Å². The molecular weight excluding hydrogens is 296 g/mol. The molecule has 1 aromatic carbocycles. The molecule has 2 atom stereocenters. The van der Waals surface area contributed by atoms with E-state index in [9.17, 15) is 4.79 Å². The van der Waals surface area contributed by atoms with Crippen LogP contribution in [-0.2, 0) is 4.74 Å². The smallest absolute Gasteiger partial charge is 0.315 e. The molecule has 0 bridgehead atoms. The van der Waals surface area contributed by atoms with Crippen LogP contribution in [0.3, 0.4) is 0 Å². The van der Waals surface area contributed by atoms with E-state index in [2.05, 4.69) is 22.8 Å². The summed E-state index contributed by atoms with van der Waals surface area (Å²) in [7, 11) is 0. The molecule has 0 spiro atoms. The third-order valence-electron chi connectivity index (χ3n) is 4.20. The minimum atomic E-state index is -0.0462. The van der Waals surface area contributed by atoms with Crippen LogP contribution in [0.5, 0.6) is 0 Å². The topological polar surface area (TPSA) is 50.4 Å². The zero-order valence-electron chi connectivity index (χ0n) is 12.8. The molecule has 0 radical (unpaired) electrons. The Morgan fingerprint density at radius 1 is 1.23 bits per heavy atom. The highest BCUT2D eigenvalue weighted by Crippen LogP contribution is 2.38. The molecule has 1 heterocycles. The van der Waals surface area contributed by atoms with Crippen LogP contribution < -0.4 is 10.6 Å². The zero-order chi connectivity index (χ0) is 15.2. The van der Waals surface area contributed by atoms with Crippen LogP contribution in [0.2, 0.25) is 0 Å². The fourth-order valence-corrected chi connectivity index (χ4v) is 3.63. The Morgan fingerprint density at radius 3 is 2.82 bits per heavy atom. The van der Waals surface area contributed by atoms with Crippen LogP contribution in [0.15, 0.2) is 35.2 Å². The van der Waals surface area contributed by atoms with Gasteiger partial charge in [-0.1, -0.05) is 18.2 Å². The summed E-state index contributed by atoms with van der Waals surface area (Å²) in [5.41, 5.74) is 0. The van der Waals surface area contributed by atoms with Gasteiger partial charge < -0.3 is 15.4 Å². The number of benzene rings is 1. The fraction of sp³-hybridized carbons (Fsp3) is 0.588. The van der Waals surface area contributed by atoms with E-state index in [1.807, 2.05) is 18.2 Å². The first-order chi connectivity index (χ1) is 10.8. The van der Waals surface area contributed by atoms with Crippen molar-refractivity contribution in [1.29, 1.82) is 0 Å². The van der Waals surface area contributed by atoms with Crippen LogP contribution in [0.1, 0.15) is 25.7 Å². The van der Waals surface area contributed by atoms with Crippen LogP contribution in [0.4, 0.5) is 4.79 Å². The molecule has 120 valence electrons. The van der Waals surface area contributed by atoms with E-state index in [1.54, 1.807) is 11.8 Å². The highest BCUT2D eigenvalue weighted by molar-refractivity contribution is 7.99. The maximum atomic E-state index is 11.9. The summed E-state index contributed by atoms with van der Waals surface area (Å²) in [4.78, 5) is 13.2. The maximum absolute atomic E-state index is 11.9. The molecule has 0 unspecified atom stereocenters. The van der Waals surface area contributed by atoms with Gasteiger partial charge in [-0.05, 0) is 43.7 Å². The van der Waals surface area contributed by atoms with Crippen molar-refractivity contribution in [3.63, 3.8) is 0 Å². The summed E-state index contributed by atoms with van der Waals surface area (Å²) in [5, 5.41) is 6.04. The normalized spacial score (nSPS) is 24.7. The number of carbonyl (C=O) groups is 1. The van der Waals surface area contributed by atoms with Gasteiger partial charge in [0, 0.05) is 29.8 Å². The van der Waals surface area contributed by atoms with E-state index in [0.717, 1.165) is 31.1 Å². The van der Waals surface area contributed by atoms with Crippen molar-refractivity contribution < 1.29 is 9.53 Å². The van der Waals surface area contributed by atoms with Gasteiger partial charge >= 0.3 is 6.03 Å². The lowest BCUT2D eigenvalue weighted by molar-refractivity contribution is -0.00912. The number of hydrogen-bond acceptors (Lipinski definition) is 3. The van der Waals surface area contributed by atoms with E-state index >= 15 is 0 Å². The van der Waals surface area contributed by atoms with Crippen molar-refractivity contribution in [3.8, 4) is 0 Å². The quantitative estimate of drug-likeness (QED) is 0.626. The average Bonchev–Trinajstić information content (AvgIpc) is 3.38. The standard InChI is InChI=1S/C17H24N2O2S/c20-17(18-9-11-22-15-4-2-1-3-5-15)19-14-8-10-21-16(12-14)13-6-7-13/h1-5,13-14,16H,6-12H2,(H2,18,19,20)/t14-,16-/m1/s1. The Balaban J connectivity index is 1.30. The number of rotatable bonds is 6. The van der Waals surface area contributed by atoms with Gasteiger partial charge in [0.1, 0.15) is 0 Å². The second-order valence-electron chi connectivity index (χ2n) is 6.03. The largest absolute Gasteiger partial charge is 0.378 e. The molecule has 5 heteroatoms. The molecular formula is C17H24N2O2S. The zero-order valence-corrected chi connectivity index (χ0v) is 13.6. The number of nitrogens with one attached hydrogen (secondary N) is 2. The predicted octanol–water partition coefficient (Wildman–Crippen LogP) is 3.04. The van der Waals surface area contributed by atoms with E-state index in [0.29, 0.717) is 12.6 Å². The lowest BCUT2D eigenvalue weighted by atomic mass is 10.0. The van der Waals surface area contributed by atoms with Gasteiger partial charge in [0.15, 0.2) is 0 Å². The third kappa shape index (κ3) is 4.92. The van der Waals surface area contributed by atoms with Crippen molar-refractivity contribution in [2.45, 2.75) is 42.7 Å². The number of ether oxygens (including phenoxy) is 1. The van der Waals surface area contributed by atoms with Gasteiger partial charge in [-0.2, -0.15) is 0 Å². The number of hydrogen-bond donors (Lipinski definition) is 2. The molecule has 1 aliphatic carbocycles. The molecule has 2 amide bonds. The van der Waals surface area contributed by atoms with E-state index in [-0.39, 0.29) is 12.1 Å². The van der Waals surface area contributed by atoms with E-state index in [4.69, 9.17) is 4.74 Å². The van der Waals surface area contributed by atoms with E-state index < -0.39 is 0 Å². The molecule has 2 N–H and O–H groups in total. The van der Waals surface area contributed by atoms with Gasteiger partial charge in [-0.15, -0.1) is 11.8 Å². The summed E-state index contributed by atoms with van der Waals surface area (Å²) in [6, 6.07) is 10.5. The lowest BCUT2D eigenvalue weighted by Crippen LogP contribution is -2.47. The van der Waals surface area contributed by atoms with Gasteiger partial charge in [0.2, 0.25) is 0 Å².